The van der Waals surface area contributed by atoms with Crippen molar-refractivity contribution in [2.75, 3.05) is 20.2 Å². The number of halogens is 1. The van der Waals surface area contributed by atoms with E-state index in [0.717, 1.165) is 47.9 Å². The molecule has 11 heteroatoms. The third-order valence-corrected chi connectivity index (χ3v) is 8.99. The lowest BCUT2D eigenvalue weighted by molar-refractivity contribution is 0.0601. The Hall–Kier alpha value is -5.08. The van der Waals surface area contributed by atoms with Gasteiger partial charge in [-0.2, -0.15) is 5.26 Å². The molecule has 228 valence electrons. The number of carbonyl (C=O) groups is 1. The Morgan fingerprint density at radius 1 is 1.09 bits per heavy atom. The summed E-state index contributed by atoms with van der Waals surface area (Å²) in [5, 5.41) is 8.97. The number of hydrogen-bond acceptors (Lipinski definition) is 8. The molecule has 0 spiro atoms. The lowest BCUT2D eigenvalue weighted by atomic mass is 10.1. The summed E-state index contributed by atoms with van der Waals surface area (Å²) in [4.78, 5) is 28.8. The molecule has 2 aromatic carbocycles. The molecule has 10 nitrogen and oxygen atoms in total. The summed E-state index contributed by atoms with van der Waals surface area (Å²) < 4.78 is 29.4. The third-order valence-electron chi connectivity index (χ3n) is 8.99. The quantitative estimate of drug-likeness (QED) is 0.206. The molecular weight excluding hydrogens is 573 g/mol. The standard InChI is InChI=1S/C34H32FN7O3/c1-3-41-20-37-14-24(41)15-42-30-12-22(34(43)44-2)9-10-28(30)38-31(42)18-40-16-25-26(17-40)33(25)29-5-4-6-32(39-29)45-19-23-8-7-21(13-36)11-27(23)35/h4-12,14,20,25-26,33H,3,15-19H2,1-2H3/t25-,26+,33?. The first kappa shape index (κ1) is 28.7. The average Bonchev–Trinajstić information content (AvgIpc) is 3.39. The highest BCUT2D eigenvalue weighted by Crippen LogP contribution is 2.58. The molecule has 3 aromatic heterocycles. The van der Waals surface area contributed by atoms with Gasteiger partial charge in [0.1, 0.15) is 18.2 Å². The molecule has 1 saturated heterocycles. The van der Waals surface area contributed by atoms with Crippen LogP contribution in [0.15, 0.2) is 67.1 Å². The van der Waals surface area contributed by atoms with Crippen LogP contribution in [-0.2, 0) is 31.0 Å². The minimum absolute atomic E-state index is 0.0421. The monoisotopic (exact) mass is 605 g/mol. The van der Waals surface area contributed by atoms with Gasteiger partial charge in [-0.25, -0.2) is 24.1 Å². The van der Waals surface area contributed by atoms with Gasteiger partial charge in [0.25, 0.3) is 0 Å². The van der Waals surface area contributed by atoms with Gasteiger partial charge >= 0.3 is 5.97 Å². The zero-order chi connectivity index (χ0) is 31.1. The highest BCUT2D eigenvalue weighted by Gasteiger charge is 2.57. The van der Waals surface area contributed by atoms with Crippen LogP contribution in [0.25, 0.3) is 11.0 Å². The predicted octanol–water partition coefficient (Wildman–Crippen LogP) is 4.92. The van der Waals surface area contributed by atoms with Gasteiger partial charge in [0.15, 0.2) is 0 Å². The third kappa shape index (κ3) is 5.53. The van der Waals surface area contributed by atoms with E-state index in [-0.39, 0.29) is 18.1 Å². The van der Waals surface area contributed by atoms with Gasteiger partial charge in [0.05, 0.1) is 60.5 Å². The highest BCUT2D eigenvalue weighted by molar-refractivity contribution is 5.93. The number of benzene rings is 2. The lowest BCUT2D eigenvalue weighted by Gasteiger charge is -2.20. The Morgan fingerprint density at radius 3 is 2.69 bits per heavy atom. The second kappa shape index (κ2) is 11.8. The van der Waals surface area contributed by atoms with Crippen LogP contribution in [0.2, 0.25) is 0 Å². The molecule has 0 N–H and O–H groups in total. The molecule has 45 heavy (non-hydrogen) atoms. The van der Waals surface area contributed by atoms with Gasteiger partial charge in [0, 0.05) is 49.1 Å². The summed E-state index contributed by atoms with van der Waals surface area (Å²) >= 11 is 0. The number of pyridine rings is 1. The number of rotatable bonds is 10. The molecule has 2 aliphatic rings. The van der Waals surface area contributed by atoms with Crippen LogP contribution in [0.1, 0.15) is 51.5 Å². The van der Waals surface area contributed by atoms with Crippen molar-refractivity contribution in [2.45, 2.75) is 39.1 Å². The SMILES string of the molecule is CCn1cncc1Cn1c(CN2C[C@@H]3C(c4cccc(OCc5ccc(C#N)cc5F)n4)[C@@H]3C2)nc2ccc(C(=O)OC)cc21. The molecule has 0 bridgehead atoms. The molecule has 7 rings (SSSR count). The van der Waals surface area contributed by atoms with Gasteiger partial charge in [-0.1, -0.05) is 12.1 Å². The highest BCUT2D eigenvalue weighted by atomic mass is 19.1. The Labute approximate surface area is 259 Å². The van der Waals surface area contributed by atoms with Crippen LogP contribution in [0, 0.1) is 29.0 Å². The molecule has 4 heterocycles. The first-order chi connectivity index (χ1) is 21.9. The number of nitrogens with zero attached hydrogens (tertiary/aromatic N) is 7. The van der Waals surface area contributed by atoms with Crippen LogP contribution in [-0.4, -0.2) is 55.2 Å². The maximum atomic E-state index is 14.3. The van der Waals surface area contributed by atoms with Crippen molar-refractivity contribution in [3.05, 3.63) is 107 Å². The summed E-state index contributed by atoms with van der Waals surface area (Å²) in [5.41, 5.74) is 4.95. The van der Waals surface area contributed by atoms with Crippen molar-refractivity contribution in [1.29, 1.82) is 5.26 Å². The van der Waals surface area contributed by atoms with Crippen LogP contribution in [0.5, 0.6) is 5.88 Å². The van der Waals surface area contributed by atoms with Crippen molar-refractivity contribution >= 4 is 17.0 Å². The fourth-order valence-corrected chi connectivity index (χ4v) is 6.61. The summed E-state index contributed by atoms with van der Waals surface area (Å²) in [6, 6.07) is 17.6. The molecule has 0 amide bonds. The molecule has 5 aromatic rings. The van der Waals surface area contributed by atoms with Crippen LogP contribution in [0.3, 0.4) is 0 Å². The maximum absolute atomic E-state index is 14.3. The van der Waals surface area contributed by atoms with Crippen molar-refractivity contribution in [2.24, 2.45) is 11.8 Å². The number of imidazole rings is 2. The summed E-state index contributed by atoms with van der Waals surface area (Å²) in [6.45, 7) is 6.09. The number of aryl methyl sites for hydroxylation is 1. The van der Waals surface area contributed by atoms with Crippen molar-refractivity contribution in [1.82, 2.24) is 29.0 Å². The molecule has 1 aliphatic carbocycles. The van der Waals surface area contributed by atoms with E-state index >= 15 is 0 Å². The van der Waals surface area contributed by atoms with Gasteiger partial charge in [-0.15, -0.1) is 0 Å². The Kier molecular flexibility index (Phi) is 7.51. The minimum Gasteiger partial charge on any atom is -0.473 e. The number of ether oxygens (including phenoxy) is 2. The zero-order valence-corrected chi connectivity index (χ0v) is 25.1. The largest absolute Gasteiger partial charge is 0.473 e. The topological polar surface area (TPSA) is 111 Å². The number of likely N-dealkylation sites (tertiary alicyclic amines) is 1. The van der Waals surface area contributed by atoms with Gasteiger partial charge in [-0.05, 0) is 55.2 Å². The van der Waals surface area contributed by atoms with Gasteiger partial charge in [-0.3, -0.25) is 4.90 Å². The van der Waals surface area contributed by atoms with Gasteiger partial charge in [0.2, 0.25) is 5.88 Å². The summed E-state index contributed by atoms with van der Waals surface area (Å²) in [5.74, 6) is 1.91. The number of piperidine rings is 1. The molecule has 1 aliphatic heterocycles. The predicted molar refractivity (Wildman–Crippen MR) is 163 cm³/mol. The normalized spacial score (nSPS) is 18.9. The lowest BCUT2D eigenvalue weighted by Crippen LogP contribution is -2.26. The Morgan fingerprint density at radius 2 is 1.93 bits per heavy atom. The Bertz CT molecular complexity index is 1930. The smallest absolute Gasteiger partial charge is 0.337 e. The average molecular weight is 606 g/mol. The fourth-order valence-electron chi connectivity index (χ4n) is 6.61. The van der Waals surface area contributed by atoms with Crippen molar-refractivity contribution in [3.8, 4) is 11.9 Å². The summed E-state index contributed by atoms with van der Waals surface area (Å²) in [6.07, 6.45) is 3.71. The number of carbonyl (C=O) groups excluding carboxylic acids is 1. The van der Waals surface area contributed by atoms with Crippen molar-refractivity contribution < 1.29 is 18.7 Å². The van der Waals surface area contributed by atoms with E-state index in [2.05, 4.69) is 25.9 Å². The number of esters is 1. The number of nitriles is 1. The first-order valence-corrected chi connectivity index (χ1v) is 15.0. The van der Waals surface area contributed by atoms with E-state index in [1.165, 1.54) is 13.2 Å². The minimum atomic E-state index is -0.463. The molecule has 0 radical (unpaired) electrons. The van der Waals surface area contributed by atoms with Gasteiger partial charge < -0.3 is 18.6 Å². The summed E-state index contributed by atoms with van der Waals surface area (Å²) in [7, 11) is 1.39. The van der Waals surface area contributed by atoms with Crippen LogP contribution < -0.4 is 4.74 Å². The fraction of sp³-hybridized carbons (Fsp3) is 0.324. The van der Waals surface area contributed by atoms with Crippen LogP contribution >= 0.6 is 0 Å². The number of aromatic nitrogens is 5. The number of methoxy groups -OCH3 is 1. The molecule has 1 unspecified atom stereocenters. The van der Waals surface area contributed by atoms with E-state index in [1.54, 1.807) is 24.3 Å². The molecule has 3 atom stereocenters. The molecule has 1 saturated carbocycles. The van der Waals surface area contributed by atoms with E-state index in [9.17, 15) is 9.18 Å². The van der Waals surface area contributed by atoms with Crippen LogP contribution in [0.4, 0.5) is 4.39 Å². The number of hydrogen-bond donors (Lipinski definition) is 0. The second-order valence-electron chi connectivity index (χ2n) is 11.6. The van der Waals surface area contributed by atoms with Crippen molar-refractivity contribution in [3.63, 3.8) is 0 Å². The van der Waals surface area contributed by atoms with E-state index in [1.807, 2.05) is 42.9 Å². The second-order valence-corrected chi connectivity index (χ2v) is 11.6. The molecular formula is C34H32FN7O3. The van der Waals surface area contributed by atoms with E-state index in [4.69, 9.17) is 24.7 Å². The number of fused-ring (bicyclic) bond motifs is 2. The van der Waals surface area contributed by atoms with E-state index in [0.29, 0.717) is 47.9 Å². The zero-order valence-electron chi connectivity index (χ0n) is 25.1. The Balaban J connectivity index is 1.05. The van der Waals surface area contributed by atoms with E-state index < -0.39 is 5.82 Å². The molecule has 2 fully saturated rings. The first-order valence-electron chi connectivity index (χ1n) is 15.0. The maximum Gasteiger partial charge on any atom is 0.337 e.